The van der Waals surface area contributed by atoms with E-state index in [2.05, 4.69) is 43.2 Å². The van der Waals surface area contributed by atoms with E-state index < -0.39 is 0 Å². The molecule has 0 aliphatic carbocycles. The predicted octanol–water partition coefficient (Wildman–Crippen LogP) is 2.16. The lowest BCUT2D eigenvalue weighted by atomic mass is 9.95. The predicted molar refractivity (Wildman–Crippen MR) is 71.7 cm³/mol. The van der Waals surface area contributed by atoms with Gasteiger partial charge in [0.05, 0.1) is 11.4 Å². The van der Waals surface area contributed by atoms with Gasteiger partial charge in [-0.25, -0.2) is 0 Å². The third kappa shape index (κ3) is 2.08. The zero-order valence-corrected chi connectivity index (χ0v) is 11.5. The normalized spacial score (nSPS) is 11.8. The first kappa shape index (κ1) is 12.5. The Balaban J connectivity index is 2.64. The van der Waals surface area contributed by atoms with Gasteiger partial charge in [0.1, 0.15) is 0 Å². The molecule has 0 bridgehead atoms. The maximum Gasteiger partial charge on any atom is 0.162 e. The fourth-order valence-corrected chi connectivity index (χ4v) is 1.82. The van der Waals surface area contributed by atoms with Crippen molar-refractivity contribution in [2.75, 3.05) is 5.73 Å². The van der Waals surface area contributed by atoms with Crippen molar-refractivity contribution in [3.63, 3.8) is 0 Å². The molecule has 18 heavy (non-hydrogen) atoms. The first-order valence-corrected chi connectivity index (χ1v) is 5.96. The van der Waals surface area contributed by atoms with Crippen LogP contribution in [-0.4, -0.2) is 20.2 Å². The van der Waals surface area contributed by atoms with Gasteiger partial charge in [-0.3, -0.25) is 0 Å². The molecule has 2 aromatic rings. The molecule has 1 heterocycles. The minimum atomic E-state index is -0.130. The molecule has 0 radical (unpaired) electrons. The van der Waals surface area contributed by atoms with Crippen LogP contribution in [0.2, 0.25) is 0 Å². The topological polar surface area (TPSA) is 69.6 Å². The van der Waals surface area contributed by atoms with Gasteiger partial charge in [-0.2, -0.15) is 4.68 Å². The van der Waals surface area contributed by atoms with Crippen LogP contribution in [0.4, 0.5) is 5.69 Å². The molecule has 5 nitrogen and oxygen atoms in total. The van der Waals surface area contributed by atoms with Gasteiger partial charge in [0.2, 0.25) is 0 Å². The van der Waals surface area contributed by atoms with Crippen molar-refractivity contribution >= 4 is 5.69 Å². The van der Waals surface area contributed by atoms with E-state index in [1.54, 1.807) is 4.68 Å². The van der Waals surface area contributed by atoms with Crippen LogP contribution in [0.5, 0.6) is 0 Å². The number of nitrogens with zero attached hydrogens (tertiary/aromatic N) is 4. The summed E-state index contributed by atoms with van der Waals surface area (Å²) < 4.78 is 1.72. The molecule has 0 saturated heterocycles. The standard InChI is InChI=1S/C13H19N5/c1-8-6-10(14)11(7-9(8)2)18-12(13(3,4)5)15-16-17-18/h6-7H,14H2,1-5H3. The minimum Gasteiger partial charge on any atom is -0.397 e. The largest absolute Gasteiger partial charge is 0.397 e. The number of tetrazole rings is 1. The molecule has 0 aliphatic rings. The number of hydrogen-bond acceptors (Lipinski definition) is 4. The van der Waals surface area contributed by atoms with Gasteiger partial charge >= 0.3 is 0 Å². The summed E-state index contributed by atoms with van der Waals surface area (Å²) in [5.74, 6) is 0.803. The maximum absolute atomic E-state index is 6.08. The first-order valence-electron chi connectivity index (χ1n) is 5.96. The number of nitrogen functional groups attached to an aromatic ring is 1. The number of nitrogens with two attached hydrogens (primary N) is 1. The average Bonchev–Trinajstić information content (AvgIpc) is 2.71. The van der Waals surface area contributed by atoms with Gasteiger partial charge in [0.15, 0.2) is 5.82 Å². The van der Waals surface area contributed by atoms with Crippen LogP contribution >= 0.6 is 0 Å². The zero-order chi connectivity index (χ0) is 13.5. The van der Waals surface area contributed by atoms with Crippen molar-refractivity contribution in [1.29, 1.82) is 0 Å². The van der Waals surface area contributed by atoms with Crippen LogP contribution in [0.1, 0.15) is 37.7 Å². The van der Waals surface area contributed by atoms with Gasteiger partial charge in [0.25, 0.3) is 0 Å². The van der Waals surface area contributed by atoms with Crippen LogP contribution in [-0.2, 0) is 5.41 Å². The van der Waals surface area contributed by atoms with E-state index in [4.69, 9.17) is 5.73 Å². The molecular formula is C13H19N5. The van der Waals surface area contributed by atoms with Gasteiger partial charge in [-0.15, -0.1) is 5.10 Å². The van der Waals surface area contributed by atoms with E-state index >= 15 is 0 Å². The smallest absolute Gasteiger partial charge is 0.162 e. The van der Waals surface area contributed by atoms with Crippen LogP contribution in [0.15, 0.2) is 12.1 Å². The molecule has 0 atom stereocenters. The summed E-state index contributed by atoms with van der Waals surface area (Å²) in [6, 6.07) is 3.98. The Morgan fingerprint density at radius 2 is 1.72 bits per heavy atom. The Morgan fingerprint density at radius 1 is 1.11 bits per heavy atom. The molecule has 2 N–H and O–H groups in total. The number of benzene rings is 1. The number of aryl methyl sites for hydroxylation is 2. The van der Waals surface area contributed by atoms with E-state index in [9.17, 15) is 0 Å². The summed E-state index contributed by atoms with van der Waals surface area (Å²) in [5.41, 5.74) is 9.82. The van der Waals surface area contributed by atoms with Crippen LogP contribution in [0.25, 0.3) is 5.69 Å². The van der Waals surface area contributed by atoms with E-state index in [1.807, 2.05) is 19.1 Å². The molecule has 1 aromatic carbocycles. The van der Waals surface area contributed by atoms with Crippen molar-refractivity contribution in [2.45, 2.75) is 40.0 Å². The number of anilines is 1. The van der Waals surface area contributed by atoms with E-state index in [-0.39, 0.29) is 5.41 Å². The Hall–Kier alpha value is -1.91. The fourth-order valence-electron chi connectivity index (χ4n) is 1.82. The van der Waals surface area contributed by atoms with Crippen molar-refractivity contribution in [2.24, 2.45) is 0 Å². The Morgan fingerprint density at radius 3 is 2.33 bits per heavy atom. The summed E-state index contributed by atoms with van der Waals surface area (Å²) in [6.45, 7) is 10.3. The summed E-state index contributed by atoms with van der Waals surface area (Å²) >= 11 is 0. The Labute approximate surface area is 107 Å². The maximum atomic E-state index is 6.08. The van der Waals surface area contributed by atoms with Crippen LogP contribution in [0.3, 0.4) is 0 Å². The third-order valence-electron chi connectivity index (χ3n) is 3.01. The summed E-state index contributed by atoms with van der Waals surface area (Å²) in [6.07, 6.45) is 0. The third-order valence-corrected chi connectivity index (χ3v) is 3.01. The van der Waals surface area contributed by atoms with Gasteiger partial charge in [0, 0.05) is 5.41 Å². The minimum absolute atomic E-state index is 0.130. The van der Waals surface area contributed by atoms with Crippen molar-refractivity contribution < 1.29 is 0 Å². The molecule has 0 spiro atoms. The van der Waals surface area contributed by atoms with E-state index in [1.165, 1.54) is 11.1 Å². The molecule has 5 heteroatoms. The molecule has 0 saturated carbocycles. The van der Waals surface area contributed by atoms with Gasteiger partial charge in [-0.1, -0.05) is 20.8 Å². The van der Waals surface area contributed by atoms with Crippen molar-refractivity contribution in [3.8, 4) is 5.69 Å². The number of aromatic nitrogens is 4. The summed E-state index contributed by atoms with van der Waals surface area (Å²) in [7, 11) is 0. The summed E-state index contributed by atoms with van der Waals surface area (Å²) in [4.78, 5) is 0. The zero-order valence-electron chi connectivity index (χ0n) is 11.5. The second-order valence-electron chi connectivity index (χ2n) is 5.66. The molecular weight excluding hydrogens is 226 g/mol. The lowest BCUT2D eigenvalue weighted by molar-refractivity contribution is 0.526. The highest BCUT2D eigenvalue weighted by Crippen LogP contribution is 2.26. The first-order chi connectivity index (χ1) is 8.30. The molecule has 1 aromatic heterocycles. The molecule has 0 aliphatic heterocycles. The van der Waals surface area contributed by atoms with Gasteiger partial charge < -0.3 is 5.73 Å². The molecule has 0 amide bonds. The monoisotopic (exact) mass is 245 g/mol. The second kappa shape index (κ2) is 4.08. The van der Waals surface area contributed by atoms with E-state index in [0.717, 1.165) is 11.5 Å². The van der Waals surface area contributed by atoms with Crippen LogP contribution in [0, 0.1) is 13.8 Å². The van der Waals surface area contributed by atoms with E-state index in [0.29, 0.717) is 5.69 Å². The number of rotatable bonds is 1. The molecule has 96 valence electrons. The highest BCUT2D eigenvalue weighted by Gasteiger charge is 2.23. The lowest BCUT2D eigenvalue weighted by Gasteiger charge is -2.18. The van der Waals surface area contributed by atoms with Crippen LogP contribution < -0.4 is 5.73 Å². The highest BCUT2D eigenvalue weighted by molar-refractivity contribution is 5.61. The quantitative estimate of drug-likeness (QED) is 0.782. The molecule has 2 rings (SSSR count). The van der Waals surface area contributed by atoms with Gasteiger partial charge in [-0.05, 0) is 47.5 Å². The Kier molecular flexibility index (Phi) is 2.84. The van der Waals surface area contributed by atoms with Crippen molar-refractivity contribution in [3.05, 3.63) is 29.1 Å². The Bertz CT molecular complexity index is 578. The molecule has 0 fully saturated rings. The average molecular weight is 245 g/mol. The summed E-state index contributed by atoms with van der Waals surface area (Å²) in [5, 5.41) is 11.9. The SMILES string of the molecule is Cc1cc(N)c(-n2nnnc2C(C)(C)C)cc1C. The molecule has 0 unspecified atom stereocenters. The fraction of sp³-hybridized carbons (Fsp3) is 0.462. The highest BCUT2D eigenvalue weighted by atomic mass is 15.5. The van der Waals surface area contributed by atoms with Crippen molar-refractivity contribution in [1.82, 2.24) is 20.2 Å². The lowest BCUT2D eigenvalue weighted by Crippen LogP contribution is -2.19. The second-order valence-corrected chi connectivity index (χ2v) is 5.66. The number of hydrogen-bond donors (Lipinski definition) is 1.